The molecule has 1 aliphatic heterocycles. The molecule has 1 atom stereocenters. The van der Waals surface area contributed by atoms with Crippen molar-refractivity contribution < 1.29 is 4.79 Å². The number of aryl methyl sites for hydroxylation is 1. The Morgan fingerprint density at radius 1 is 1.48 bits per heavy atom. The summed E-state index contributed by atoms with van der Waals surface area (Å²) in [7, 11) is 0. The van der Waals surface area contributed by atoms with Crippen molar-refractivity contribution >= 4 is 5.91 Å². The zero-order valence-corrected chi connectivity index (χ0v) is 12.1. The summed E-state index contributed by atoms with van der Waals surface area (Å²) in [4.78, 5) is 21.8. The molecule has 0 aliphatic carbocycles. The van der Waals surface area contributed by atoms with Crippen LogP contribution >= 0.6 is 0 Å². The normalized spacial score (nSPS) is 18.9. The van der Waals surface area contributed by atoms with E-state index in [1.54, 1.807) is 6.20 Å². The van der Waals surface area contributed by atoms with Crippen molar-refractivity contribution in [2.75, 3.05) is 13.1 Å². The third kappa shape index (κ3) is 3.51. The van der Waals surface area contributed by atoms with E-state index in [0.29, 0.717) is 12.3 Å². The maximum absolute atomic E-state index is 12.3. The Balaban J connectivity index is 1.48. The van der Waals surface area contributed by atoms with Gasteiger partial charge in [-0.1, -0.05) is 0 Å². The summed E-state index contributed by atoms with van der Waals surface area (Å²) >= 11 is 0. The molecule has 2 aromatic heterocycles. The van der Waals surface area contributed by atoms with Gasteiger partial charge < -0.3 is 9.88 Å². The van der Waals surface area contributed by atoms with Gasteiger partial charge in [-0.15, -0.1) is 0 Å². The van der Waals surface area contributed by atoms with Crippen molar-refractivity contribution in [3.8, 4) is 0 Å². The van der Waals surface area contributed by atoms with E-state index in [1.165, 1.54) is 0 Å². The minimum Gasteiger partial charge on any atom is -0.348 e. The first-order valence-electron chi connectivity index (χ1n) is 7.57. The molecule has 1 fully saturated rings. The number of carbonyl (C=O) groups excluding carboxylic acids is 1. The lowest BCUT2D eigenvalue weighted by Crippen LogP contribution is -2.39. The maximum Gasteiger partial charge on any atom is 0.222 e. The van der Waals surface area contributed by atoms with E-state index in [0.717, 1.165) is 50.2 Å². The predicted molar refractivity (Wildman–Crippen MR) is 78.7 cm³/mol. The van der Waals surface area contributed by atoms with Crippen molar-refractivity contribution in [3.05, 3.63) is 36.2 Å². The number of imidazole rings is 1. The Labute approximate surface area is 124 Å². The zero-order valence-electron chi connectivity index (χ0n) is 12.1. The molecule has 2 aromatic rings. The third-order valence-corrected chi connectivity index (χ3v) is 4.09. The molecule has 1 aliphatic rings. The van der Waals surface area contributed by atoms with E-state index in [-0.39, 0.29) is 5.91 Å². The summed E-state index contributed by atoms with van der Waals surface area (Å²) in [6.45, 7) is 1.67. The van der Waals surface area contributed by atoms with Crippen LogP contribution in [0.4, 0.5) is 0 Å². The van der Waals surface area contributed by atoms with Crippen LogP contribution in [0.15, 0.2) is 24.8 Å². The van der Waals surface area contributed by atoms with Gasteiger partial charge in [0.1, 0.15) is 5.82 Å². The number of H-pyrrole nitrogens is 2. The molecule has 3 heterocycles. The van der Waals surface area contributed by atoms with Gasteiger partial charge in [0.15, 0.2) is 0 Å². The second-order valence-electron chi connectivity index (χ2n) is 5.61. The highest BCUT2D eigenvalue weighted by molar-refractivity contribution is 5.76. The van der Waals surface area contributed by atoms with Crippen molar-refractivity contribution in [1.29, 1.82) is 0 Å². The molecule has 1 saturated heterocycles. The van der Waals surface area contributed by atoms with Gasteiger partial charge >= 0.3 is 0 Å². The molecule has 0 unspecified atom stereocenters. The molecule has 1 amide bonds. The molecule has 2 N–H and O–H groups in total. The molecule has 0 saturated carbocycles. The SMILES string of the molecule is O=C(CCCc1cn[nH]c1)N1CCC[C@H](c2ncc[nH]2)C1. The fraction of sp³-hybridized carbons (Fsp3) is 0.533. The summed E-state index contributed by atoms with van der Waals surface area (Å²) in [5, 5.41) is 6.71. The number of hydrogen-bond donors (Lipinski definition) is 2. The number of nitrogens with one attached hydrogen (secondary N) is 2. The van der Waals surface area contributed by atoms with Crippen LogP contribution in [0, 0.1) is 0 Å². The van der Waals surface area contributed by atoms with Crippen LogP contribution in [0.2, 0.25) is 0 Å². The summed E-state index contributed by atoms with van der Waals surface area (Å²) in [5.74, 6) is 1.62. The molecule has 6 nitrogen and oxygen atoms in total. The number of carbonyl (C=O) groups is 1. The van der Waals surface area contributed by atoms with Gasteiger partial charge in [0.2, 0.25) is 5.91 Å². The van der Waals surface area contributed by atoms with E-state index in [1.807, 2.05) is 23.5 Å². The second-order valence-corrected chi connectivity index (χ2v) is 5.61. The second kappa shape index (κ2) is 6.56. The molecule has 21 heavy (non-hydrogen) atoms. The Morgan fingerprint density at radius 3 is 3.19 bits per heavy atom. The largest absolute Gasteiger partial charge is 0.348 e. The lowest BCUT2D eigenvalue weighted by molar-refractivity contribution is -0.132. The van der Waals surface area contributed by atoms with Crippen molar-refractivity contribution in [1.82, 2.24) is 25.1 Å². The topological polar surface area (TPSA) is 77.7 Å². The van der Waals surface area contributed by atoms with Gasteiger partial charge in [0.05, 0.1) is 6.20 Å². The summed E-state index contributed by atoms with van der Waals surface area (Å²) in [5.41, 5.74) is 1.16. The Morgan fingerprint density at radius 2 is 2.43 bits per heavy atom. The molecule has 3 rings (SSSR count). The highest BCUT2D eigenvalue weighted by atomic mass is 16.2. The Bertz CT molecular complexity index is 549. The number of rotatable bonds is 5. The number of piperidine rings is 1. The molecule has 6 heteroatoms. The van der Waals surface area contributed by atoms with E-state index in [2.05, 4.69) is 20.2 Å². The number of hydrogen-bond acceptors (Lipinski definition) is 3. The first kappa shape index (κ1) is 13.9. The molecule has 0 aromatic carbocycles. The number of aromatic nitrogens is 4. The fourth-order valence-corrected chi connectivity index (χ4v) is 2.94. The number of nitrogens with zero attached hydrogens (tertiary/aromatic N) is 3. The van der Waals surface area contributed by atoms with Gasteiger partial charge in [0, 0.05) is 44.0 Å². The minimum atomic E-state index is 0.259. The maximum atomic E-state index is 12.3. The predicted octanol–water partition coefficient (Wildman–Crippen LogP) is 1.86. The molecule has 0 radical (unpaired) electrons. The van der Waals surface area contributed by atoms with Gasteiger partial charge in [0.25, 0.3) is 0 Å². The van der Waals surface area contributed by atoms with Gasteiger partial charge in [-0.2, -0.15) is 5.10 Å². The number of amides is 1. The van der Waals surface area contributed by atoms with Crippen LogP contribution in [0.5, 0.6) is 0 Å². The minimum absolute atomic E-state index is 0.259. The van der Waals surface area contributed by atoms with Crippen molar-refractivity contribution in [3.63, 3.8) is 0 Å². The van der Waals surface area contributed by atoms with Crippen molar-refractivity contribution in [2.24, 2.45) is 0 Å². The van der Waals surface area contributed by atoms with E-state index < -0.39 is 0 Å². The van der Waals surface area contributed by atoms with E-state index in [9.17, 15) is 4.79 Å². The lowest BCUT2D eigenvalue weighted by atomic mass is 9.97. The molecule has 112 valence electrons. The molecule has 0 bridgehead atoms. The van der Waals surface area contributed by atoms with Crippen LogP contribution < -0.4 is 0 Å². The first-order valence-corrected chi connectivity index (χ1v) is 7.57. The van der Waals surface area contributed by atoms with Crippen LogP contribution in [0.3, 0.4) is 0 Å². The summed E-state index contributed by atoms with van der Waals surface area (Å²) in [6, 6.07) is 0. The highest BCUT2D eigenvalue weighted by Gasteiger charge is 2.25. The summed E-state index contributed by atoms with van der Waals surface area (Å²) < 4.78 is 0. The smallest absolute Gasteiger partial charge is 0.222 e. The number of likely N-dealkylation sites (tertiary alicyclic amines) is 1. The van der Waals surface area contributed by atoms with Crippen LogP contribution in [0.25, 0.3) is 0 Å². The van der Waals surface area contributed by atoms with Crippen molar-refractivity contribution in [2.45, 2.75) is 38.0 Å². The van der Waals surface area contributed by atoms with Gasteiger partial charge in [-0.3, -0.25) is 9.89 Å². The lowest BCUT2D eigenvalue weighted by Gasteiger charge is -2.32. The average Bonchev–Trinajstić information content (AvgIpc) is 3.21. The van der Waals surface area contributed by atoms with Crippen LogP contribution in [-0.2, 0) is 11.2 Å². The zero-order chi connectivity index (χ0) is 14.5. The Hall–Kier alpha value is -2.11. The van der Waals surface area contributed by atoms with Gasteiger partial charge in [-0.05, 0) is 31.2 Å². The fourth-order valence-electron chi connectivity index (χ4n) is 2.94. The van der Waals surface area contributed by atoms with Gasteiger partial charge in [-0.25, -0.2) is 4.98 Å². The monoisotopic (exact) mass is 287 g/mol. The van der Waals surface area contributed by atoms with Crippen LogP contribution in [-0.4, -0.2) is 44.1 Å². The molecular formula is C15H21N5O. The quantitative estimate of drug-likeness (QED) is 0.881. The highest BCUT2D eigenvalue weighted by Crippen LogP contribution is 2.24. The van der Waals surface area contributed by atoms with Crippen LogP contribution in [0.1, 0.15) is 43.0 Å². The third-order valence-electron chi connectivity index (χ3n) is 4.09. The van der Waals surface area contributed by atoms with E-state index in [4.69, 9.17) is 0 Å². The molecule has 0 spiro atoms. The first-order chi connectivity index (χ1) is 10.3. The standard InChI is InChI=1S/C15H21N5O/c21-14(5-1-3-12-9-18-19-10-12)20-8-2-4-13(11-20)15-16-6-7-17-15/h6-7,9-10,13H,1-5,8,11H2,(H,16,17)(H,18,19)/t13-/m0/s1. The summed E-state index contributed by atoms with van der Waals surface area (Å²) in [6.07, 6.45) is 11.9. The number of aromatic amines is 2. The van der Waals surface area contributed by atoms with E-state index >= 15 is 0 Å². The Kier molecular flexibility index (Phi) is 4.33. The molecular weight excluding hydrogens is 266 g/mol. The average molecular weight is 287 g/mol.